The highest BCUT2D eigenvalue weighted by atomic mass is 16.6. The van der Waals surface area contributed by atoms with Gasteiger partial charge >= 0.3 is 6.09 Å². The molecule has 0 saturated heterocycles. The third-order valence-corrected chi connectivity index (χ3v) is 8.13. The Kier molecular flexibility index (Phi) is 8.48. The molecule has 0 aromatic heterocycles. The molecule has 1 aliphatic heterocycles. The molecule has 0 bridgehead atoms. The normalized spacial score (nSPS) is 15.2. The maximum Gasteiger partial charge on any atom is 0.407 e. The average molecular weight is 610 g/mol. The van der Waals surface area contributed by atoms with Gasteiger partial charge in [0.15, 0.2) is 0 Å². The quantitative estimate of drug-likeness (QED) is 0.227. The fraction of sp³-hybridized carbons (Fsp3) is 0.212. The van der Waals surface area contributed by atoms with Crippen molar-refractivity contribution in [2.24, 2.45) is 0 Å². The number of fused-ring (bicyclic) bond motifs is 2. The van der Waals surface area contributed by atoms with Crippen LogP contribution in [0, 0.1) is 17.0 Å². The Bertz CT molecular complexity index is 1820. The number of aryl methyl sites for hydroxylation is 1. The van der Waals surface area contributed by atoms with E-state index in [0.717, 1.165) is 26.8 Å². The van der Waals surface area contributed by atoms with Crippen LogP contribution < -0.4 is 15.1 Å². The molecule has 2 N–H and O–H groups in total. The molecule has 1 heterocycles. The lowest BCUT2D eigenvalue weighted by atomic mass is 9.99. The van der Waals surface area contributed by atoms with Gasteiger partial charge in [-0.2, -0.15) is 0 Å². The summed E-state index contributed by atoms with van der Waals surface area (Å²) in [6, 6.07) is 21.4. The van der Waals surface area contributed by atoms with Crippen LogP contribution in [0.5, 0.6) is 0 Å². The number of carboxylic acid groups (broad SMARTS) is 1. The molecule has 0 spiro atoms. The van der Waals surface area contributed by atoms with E-state index in [9.17, 15) is 34.4 Å². The van der Waals surface area contributed by atoms with E-state index in [0.29, 0.717) is 11.4 Å². The van der Waals surface area contributed by atoms with Crippen molar-refractivity contribution in [3.05, 3.63) is 112 Å². The maximum absolute atomic E-state index is 14.4. The summed E-state index contributed by atoms with van der Waals surface area (Å²) in [5, 5.41) is 25.2. The lowest BCUT2D eigenvalue weighted by Gasteiger charge is -2.28. The number of amides is 4. The van der Waals surface area contributed by atoms with Crippen LogP contribution in [-0.2, 0) is 16.1 Å². The fourth-order valence-electron chi connectivity index (χ4n) is 5.38. The summed E-state index contributed by atoms with van der Waals surface area (Å²) in [5.41, 5.74) is 2.62. The second-order valence-electron chi connectivity index (χ2n) is 10.8. The Balaban J connectivity index is 1.61. The van der Waals surface area contributed by atoms with Crippen LogP contribution in [0.15, 0.2) is 84.9 Å². The number of hydrogen-bond acceptors (Lipinski definition) is 6. The first-order valence-corrected chi connectivity index (χ1v) is 14.2. The molecule has 4 amide bonds. The third-order valence-electron chi connectivity index (χ3n) is 8.13. The van der Waals surface area contributed by atoms with Gasteiger partial charge in [-0.15, -0.1) is 0 Å². The first-order chi connectivity index (χ1) is 21.5. The van der Waals surface area contributed by atoms with Crippen LogP contribution in [0.25, 0.3) is 10.8 Å². The summed E-state index contributed by atoms with van der Waals surface area (Å²) in [7, 11) is 1.25. The van der Waals surface area contributed by atoms with Crippen LogP contribution in [0.4, 0.5) is 21.9 Å². The Hall–Kier alpha value is -5.78. The molecular weight excluding hydrogens is 578 g/mol. The summed E-state index contributed by atoms with van der Waals surface area (Å²) in [4.78, 5) is 67.6. The van der Waals surface area contributed by atoms with Gasteiger partial charge in [0, 0.05) is 24.7 Å². The van der Waals surface area contributed by atoms with E-state index in [1.165, 1.54) is 48.0 Å². The van der Waals surface area contributed by atoms with Crippen LogP contribution in [0.1, 0.15) is 28.4 Å². The molecule has 0 saturated carbocycles. The fourth-order valence-corrected chi connectivity index (χ4v) is 5.38. The van der Waals surface area contributed by atoms with Gasteiger partial charge in [0.05, 0.1) is 29.4 Å². The van der Waals surface area contributed by atoms with E-state index >= 15 is 0 Å². The first kappa shape index (κ1) is 30.7. The standard InChI is InChI=1S/C33H31N5O7/c1-20-12-13-22-8-4-5-9-25(22)26(20)18-36-28-10-6-7-11-29(28)37(31(40)23-14-16-24(17-15-23)38(44)45)19-27(32(36)41)34-30(39)21(2)35(3)33(42)43/h4-17,21,27H,18-19H2,1-3H3,(H,34,39)(H,42,43). The minimum Gasteiger partial charge on any atom is -0.465 e. The number of benzene rings is 4. The van der Waals surface area contributed by atoms with Crippen molar-refractivity contribution in [3.63, 3.8) is 0 Å². The van der Waals surface area contributed by atoms with Gasteiger partial charge in [0.25, 0.3) is 17.5 Å². The zero-order chi connectivity index (χ0) is 32.4. The van der Waals surface area contributed by atoms with Gasteiger partial charge in [-0.05, 0) is 60.0 Å². The highest BCUT2D eigenvalue weighted by molar-refractivity contribution is 6.13. The zero-order valence-electron chi connectivity index (χ0n) is 24.8. The topological polar surface area (TPSA) is 153 Å². The van der Waals surface area contributed by atoms with Crippen LogP contribution in [0.2, 0.25) is 0 Å². The number of rotatable bonds is 7. The van der Waals surface area contributed by atoms with E-state index < -0.39 is 40.8 Å². The predicted octanol–water partition coefficient (Wildman–Crippen LogP) is 4.73. The van der Waals surface area contributed by atoms with Crippen molar-refractivity contribution in [1.82, 2.24) is 10.2 Å². The van der Waals surface area contributed by atoms with Crippen molar-refractivity contribution >= 4 is 51.6 Å². The van der Waals surface area contributed by atoms with Crippen molar-refractivity contribution in [2.75, 3.05) is 23.4 Å². The van der Waals surface area contributed by atoms with Crippen molar-refractivity contribution in [3.8, 4) is 0 Å². The molecule has 230 valence electrons. The Labute approximate surface area is 258 Å². The van der Waals surface area contributed by atoms with Crippen LogP contribution in [0.3, 0.4) is 0 Å². The minimum atomic E-state index is -1.32. The molecule has 1 aliphatic rings. The highest BCUT2D eigenvalue weighted by Crippen LogP contribution is 2.36. The highest BCUT2D eigenvalue weighted by Gasteiger charge is 2.38. The molecule has 4 aromatic rings. The largest absolute Gasteiger partial charge is 0.465 e. The first-order valence-electron chi connectivity index (χ1n) is 14.2. The molecule has 2 atom stereocenters. The molecule has 12 heteroatoms. The Morgan fingerprint density at radius 1 is 1.00 bits per heavy atom. The van der Waals surface area contributed by atoms with Crippen LogP contribution >= 0.6 is 0 Å². The van der Waals surface area contributed by atoms with E-state index in [1.54, 1.807) is 24.3 Å². The number of nitro benzene ring substituents is 1. The van der Waals surface area contributed by atoms with Gasteiger partial charge in [0.1, 0.15) is 12.1 Å². The SMILES string of the molecule is Cc1ccc2ccccc2c1CN1C(=O)C(NC(=O)C(C)N(C)C(=O)O)CN(C(=O)c2ccc([N+](=O)[O-])cc2)c2ccccc21. The summed E-state index contributed by atoms with van der Waals surface area (Å²) in [5.74, 6) is -1.75. The monoisotopic (exact) mass is 609 g/mol. The van der Waals surface area contributed by atoms with Crippen molar-refractivity contribution in [1.29, 1.82) is 0 Å². The lowest BCUT2D eigenvalue weighted by Crippen LogP contribution is -2.56. The summed E-state index contributed by atoms with van der Waals surface area (Å²) >= 11 is 0. The second-order valence-corrected chi connectivity index (χ2v) is 10.8. The van der Waals surface area contributed by atoms with Crippen LogP contribution in [-0.4, -0.2) is 64.4 Å². The molecule has 0 radical (unpaired) electrons. The molecule has 5 rings (SSSR count). The number of carbonyl (C=O) groups is 4. The zero-order valence-corrected chi connectivity index (χ0v) is 24.8. The molecule has 45 heavy (non-hydrogen) atoms. The Morgan fingerprint density at radius 3 is 2.31 bits per heavy atom. The average Bonchev–Trinajstić information content (AvgIpc) is 3.15. The second kappa shape index (κ2) is 12.4. The molecule has 4 aromatic carbocycles. The molecule has 0 aliphatic carbocycles. The smallest absolute Gasteiger partial charge is 0.407 e. The third kappa shape index (κ3) is 6.03. The molecule has 0 fully saturated rings. The van der Waals surface area contributed by atoms with E-state index in [2.05, 4.69) is 5.32 Å². The number of nitro groups is 1. The van der Waals surface area contributed by atoms with E-state index in [1.807, 2.05) is 43.3 Å². The van der Waals surface area contributed by atoms with Gasteiger partial charge in [0.2, 0.25) is 5.91 Å². The van der Waals surface area contributed by atoms with Gasteiger partial charge in [-0.3, -0.25) is 29.4 Å². The molecule has 2 unspecified atom stereocenters. The Morgan fingerprint density at radius 2 is 1.64 bits per heavy atom. The number of anilines is 2. The maximum atomic E-state index is 14.4. The summed E-state index contributed by atoms with van der Waals surface area (Å²) in [6.45, 7) is 3.20. The van der Waals surface area contributed by atoms with E-state index in [4.69, 9.17) is 0 Å². The number of nitrogens with zero attached hydrogens (tertiary/aromatic N) is 4. The van der Waals surface area contributed by atoms with Gasteiger partial charge < -0.3 is 20.2 Å². The predicted molar refractivity (Wildman–Crippen MR) is 168 cm³/mol. The number of carbonyl (C=O) groups excluding carboxylic acids is 3. The molecule has 12 nitrogen and oxygen atoms in total. The summed E-state index contributed by atoms with van der Waals surface area (Å²) < 4.78 is 0. The van der Waals surface area contributed by atoms with E-state index in [-0.39, 0.29) is 24.3 Å². The number of likely N-dealkylation sites (N-methyl/N-ethyl adjacent to an activating group) is 1. The number of hydrogen-bond donors (Lipinski definition) is 2. The van der Waals surface area contributed by atoms with Gasteiger partial charge in [-0.25, -0.2) is 4.79 Å². The van der Waals surface area contributed by atoms with Crippen molar-refractivity contribution < 1.29 is 29.2 Å². The number of non-ortho nitro benzene ring substituents is 1. The molecular formula is C33H31N5O7. The lowest BCUT2D eigenvalue weighted by molar-refractivity contribution is -0.384. The number of para-hydroxylation sites is 2. The van der Waals surface area contributed by atoms with Crippen molar-refractivity contribution in [2.45, 2.75) is 32.5 Å². The number of nitrogens with one attached hydrogen (secondary N) is 1. The van der Waals surface area contributed by atoms with Gasteiger partial charge in [-0.1, -0.05) is 48.5 Å². The summed E-state index contributed by atoms with van der Waals surface area (Å²) in [6.07, 6.45) is -1.32. The minimum absolute atomic E-state index is 0.125.